The normalized spacial score (nSPS) is 11.0. The van der Waals surface area contributed by atoms with Crippen molar-refractivity contribution in [2.24, 2.45) is 0 Å². The zero-order valence-corrected chi connectivity index (χ0v) is 14.7. The van der Waals surface area contributed by atoms with E-state index >= 15 is 0 Å². The molecule has 2 heterocycles. The fraction of sp³-hybridized carbons (Fsp3) is 0.150. The Morgan fingerprint density at radius 2 is 2.08 bits per heavy atom. The minimum Gasteiger partial charge on any atom is -0.497 e. The maximum Gasteiger partial charge on any atom is 0.211 e. The van der Waals surface area contributed by atoms with Gasteiger partial charge < -0.3 is 10.1 Å². The van der Waals surface area contributed by atoms with Gasteiger partial charge in [0.25, 0.3) is 0 Å². The molecule has 26 heavy (non-hydrogen) atoms. The molecular formula is C20H19N5O. The summed E-state index contributed by atoms with van der Waals surface area (Å²) in [4.78, 5) is 4.78. The van der Waals surface area contributed by atoms with Crippen LogP contribution in [0.3, 0.4) is 0 Å². The number of hydrogen-bond acceptors (Lipinski definition) is 5. The highest BCUT2D eigenvalue weighted by molar-refractivity contribution is 5.93. The van der Waals surface area contributed by atoms with Crippen LogP contribution in [-0.2, 0) is 0 Å². The van der Waals surface area contributed by atoms with Crippen LogP contribution in [0.4, 0.5) is 5.95 Å². The molecule has 4 rings (SSSR count). The average molecular weight is 345 g/mol. The summed E-state index contributed by atoms with van der Waals surface area (Å²) in [5, 5.41) is 13.2. The third kappa shape index (κ3) is 2.65. The number of aromatic nitrogens is 4. The molecule has 6 nitrogen and oxygen atoms in total. The molecule has 130 valence electrons. The number of nitrogens with zero attached hydrogens (tertiary/aromatic N) is 4. The molecule has 0 amide bonds. The van der Waals surface area contributed by atoms with Gasteiger partial charge in [0.1, 0.15) is 5.75 Å². The highest BCUT2D eigenvalue weighted by Crippen LogP contribution is 2.28. The third-order valence-electron chi connectivity index (χ3n) is 4.23. The first-order chi connectivity index (χ1) is 12.7. The summed E-state index contributed by atoms with van der Waals surface area (Å²) in [6.45, 7) is 6.42. The Labute approximate surface area is 151 Å². The molecule has 0 fully saturated rings. The number of rotatable bonds is 5. The van der Waals surface area contributed by atoms with Gasteiger partial charge in [-0.15, -0.1) is 16.8 Å². The van der Waals surface area contributed by atoms with Crippen molar-refractivity contribution in [3.8, 4) is 17.1 Å². The second-order valence-electron chi connectivity index (χ2n) is 6.04. The summed E-state index contributed by atoms with van der Waals surface area (Å²) < 4.78 is 7.29. The lowest BCUT2D eigenvalue weighted by Crippen LogP contribution is -2.08. The minimum atomic E-state index is 0.592. The van der Waals surface area contributed by atoms with Crippen LogP contribution in [-0.4, -0.2) is 33.2 Å². The van der Waals surface area contributed by atoms with Crippen molar-refractivity contribution in [1.29, 1.82) is 0 Å². The Kier molecular flexibility index (Phi) is 4.01. The van der Waals surface area contributed by atoms with Crippen LogP contribution < -0.4 is 10.1 Å². The standard InChI is InChI=1S/C20H19N5O/c1-4-10-21-20-22-17-9-8-13(2)11-16(17)19-24-23-18(25(19)20)14-6-5-7-15(12-14)26-3/h4-9,11-12H,1,10H2,2-3H3,(H,21,22). The molecular weight excluding hydrogens is 326 g/mol. The molecule has 0 saturated heterocycles. The number of aryl methyl sites for hydroxylation is 1. The monoisotopic (exact) mass is 345 g/mol. The average Bonchev–Trinajstić information content (AvgIpc) is 3.12. The molecule has 0 bridgehead atoms. The molecule has 4 aromatic rings. The van der Waals surface area contributed by atoms with Gasteiger partial charge in [-0.25, -0.2) is 9.38 Å². The number of nitrogens with one attached hydrogen (secondary N) is 1. The molecule has 0 atom stereocenters. The quantitative estimate of drug-likeness (QED) is 0.557. The van der Waals surface area contributed by atoms with Gasteiger partial charge in [0, 0.05) is 17.5 Å². The van der Waals surface area contributed by atoms with Crippen LogP contribution in [0.15, 0.2) is 55.1 Å². The number of benzene rings is 2. The van der Waals surface area contributed by atoms with E-state index in [2.05, 4.69) is 35.1 Å². The van der Waals surface area contributed by atoms with Crippen LogP contribution in [0.1, 0.15) is 5.56 Å². The van der Waals surface area contributed by atoms with Crippen LogP contribution in [0.2, 0.25) is 0 Å². The van der Waals surface area contributed by atoms with Crippen molar-refractivity contribution in [2.45, 2.75) is 6.92 Å². The van der Waals surface area contributed by atoms with E-state index in [9.17, 15) is 0 Å². The minimum absolute atomic E-state index is 0.592. The van der Waals surface area contributed by atoms with Gasteiger partial charge in [-0.05, 0) is 31.2 Å². The third-order valence-corrected chi connectivity index (χ3v) is 4.23. The van der Waals surface area contributed by atoms with E-state index in [1.165, 1.54) is 0 Å². The molecule has 0 unspecified atom stereocenters. The van der Waals surface area contributed by atoms with E-state index in [1.807, 2.05) is 40.8 Å². The predicted molar refractivity (Wildman–Crippen MR) is 104 cm³/mol. The van der Waals surface area contributed by atoms with Gasteiger partial charge in [-0.2, -0.15) is 0 Å². The van der Waals surface area contributed by atoms with Gasteiger partial charge in [0.05, 0.1) is 12.6 Å². The van der Waals surface area contributed by atoms with E-state index in [-0.39, 0.29) is 0 Å². The SMILES string of the molecule is C=CCNc1nc2ccc(C)cc2c2nnc(-c3cccc(OC)c3)n12. The van der Waals surface area contributed by atoms with Crippen molar-refractivity contribution >= 4 is 22.5 Å². The second-order valence-corrected chi connectivity index (χ2v) is 6.04. The van der Waals surface area contributed by atoms with Crippen LogP contribution in [0, 0.1) is 6.92 Å². The predicted octanol–water partition coefficient (Wildman–Crippen LogP) is 3.86. The number of methoxy groups -OCH3 is 1. The van der Waals surface area contributed by atoms with E-state index in [0.29, 0.717) is 18.3 Å². The summed E-state index contributed by atoms with van der Waals surface area (Å²) in [6, 6.07) is 13.9. The number of anilines is 1. The first kappa shape index (κ1) is 16.1. The van der Waals surface area contributed by atoms with E-state index in [1.54, 1.807) is 13.2 Å². The Morgan fingerprint density at radius 1 is 1.19 bits per heavy atom. The molecule has 0 aliphatic carbocycles. The highest BCUT2D eigenvalue weighted by Gasteiger charge is 2.16. The molecule has 0 aliphatic heterocycles. The molecule has 1 N–H and O–H groups in total. The van der Waals surface area contributed by atoms with Gasteiger partial charge >= 0.3 is 0 Å². The van der Waals surface area contributed by atoms with Gasteiger partial charge in [-0.1, -0.05) is 29.8 Å². The molecule has 0 spiro atoms. The maximum absolute atomic E-state index is 5.34. The van der Waals surface area contributed by atoms with E-state index < -0.39 is 0 Å². The maximum atomic E-state index is 5.34. The summed E-state index contributed by atoms with van der Waals surface area (Å²) in [5.41, 5.74) is 3.70. The molecule has 0 aliphatic rings. The van der Waals surface area contributed by atoms with Crippen molar-refractivity contribution < 1.29 is 4.74 Å². The highest BCUT2D eigenvalue weighted by atomic mass is 16.5. The lowest BCUT2D eigenvalue weighted by atomic mass is 10.1. The van der Waals surface area contributed by atoms with Gasteiger partial charge in [-0.3, -0.25) is 0 Å². The largest absolute Gasteiger partial charge is 0.497 e. The molecule has 2 aromatic heterocycles. The fourth-order valence-corrected chi connectivity index (χ4v) is 2.98. The van der Waals surface area contributed by atoms with Gasteiger partial charge in [0.2, 0.25) is 5.95 Å². The Bertz CT molecular complexity index is 1120. The topological polar surface area (TPSA) is 64.3 Å². The summed E-state index contributed by atoms with van der Waals surface area (Å²) in [6.07, 6.45) is 1.79. The summed E-state index contributed by atoms with van der Waals surface area (Å²) >= 11 is 0. The first-order valence-electron chi connectivity index (χ1n) is 8.36. The van der Waals surface area contributed by atoms with E-state index in [0.717, 1.165) is 33.4 Å². The van der Waals surface area contributed by atoms with Crippen LogP contribution in [0.5, 0.6) is 5.75 Å². The van der Waals surface area contributed by atoms with E-state index in [4.69, 9.17) is 9.72 Å². The van der Waals surface area contributed by atoms with Crippen LogP contribution >= 0.6 is 0 Å². The number of ether oxygens (including phenoxy) is 1. The fourth-order valence-electron chi connectivity index (χ4n) is 2.98. The van der Waals surface area contributed by atoms with Crippen molar-refractivity contribution in [2.75, 3.05) is 19.0 Å². The van der Waals surface area contributed by atoms with Crippen molar-refractivity contribution in [3.63, 3.8) is 0 Å². The Hall–Kier alpha value is -3.41. The zero-order chi connectivity index (χ0) is 18.1. The zero-order valence-electron chi connectivity index (χ0n) is 14.7. The second kappa shape index (κ2) is 6.48. The molecule has 0 radical (unpaired) electrons. The Morgan fingerprint density at radius 3 is 2.88 bits per heavy atom. The lowest BCUT2D eigenvalue weighted by molar-refractivity contribution is 0.415. The van der Waals surface area contributed by atoms with Crippen molar-refractivity contribution in [1.82, 2.24) is 19.6 Å². The summed E-state index contributed by atoms with van der Waals surface area (Å²) in [5.74, 6) is 2.16. The van der Waals surface area contributed by atoms with Gasteiger partial charge in [0.15, 0.2) is 11.5 Å². The molecule has 2 aromatic carbocycles. The number of fused-ring (bicyclic) bond motifs is 3. The van der Waals surface area contributed by atoms with Crippen LogP contribution in [0.25, 0.3) is 27.9 Å². The molecule has 0 saturated carbocycles. The molecule has 6 heteroatoms. The first-order valence-corrected chi connectivity index (χ1v) is 8.36. The van der Waals surface area contributed by atoms with Crippen molar-refractivity contribution in [3.05, 3.63) is 60.7 Å². The lowest BCUT2D eigenvalue weighted by Gasteiger charge is -2.11. The smallest absolute Gasteiger partial charge is 0.211 e. The summed E-state index contributed by atoms with van der Waals surface area (Å²) in [7, 11) is 1.65. The Balaban J connectivity index is 2.03. The number of hydrogen-bond donors (Lipinski definition) is 1.